The molecule has 1 fully saturated rings. The van der Waals surface area contributed by atoms with Gasteiger partial charge in [0.1, 0.15) is 16.7 Å². The number of hydrogen-bond donors (Lipinski definition) is 3. The average molecular weight is 539 g/mol. The molecule has 37 heavy (non-hydrogen) atoms. The highest BCUT2D eigenvalue weighted by Crippen LogP contribution is 2.16. The van der Waals surface area contributed by atoms with E-state index >= 15 is 0 Å². The number of phenols is 1. The summed E-state index contributed by atoms with van der Waals surface area (Å²) in [5.74, 6) is 0.521. The fourth-order valence-electron chi connectivity index (χ4n) is 2.92. The van der Waals surface area contributed by atoms with E-state index in [1.807, 2.05) is 22.5 Å². The van der Waals surface area contributed by atoms with Crippen LogP contribution in [0.5, 0.6) is 5.75 Å². The maximum Gasteiger partial charge on any atom is 0.406 e. The van der Waals surface area contributed by atoms with Crippen LogP contribution in [-0.4, -0.2) is 71.4 Å². The van der Waals surface area contributed by atoms with Crippen molar-refractivity contribution in [3.63, 3.8) is 0 Å². The monoisotopic (exact) mass is 538 g/mol. The number of methoxy groups -OCH3 is 1. The minimum Gasteiger partial charge on any atom is -0.508 e. The predicted molar refractivity (Wildman–Crippen MR) is 150 cm³/mol. The molecule has 1 aliphatic heterocycles. The van der Waals surface area contributed by atoms with Crippen LogP contribution in [0.2, 0.25) is 0 Å². The van der Waals surface area contributed by atoms with Gasteiger partial charge in [-0.3, -0.25) is 0 Å². The highest BCUT2D eigenvalue weighted by atomic mass is 32.2. The molecule has 3 N–H and O–H groups in total. The second-order valence-electron chi connectivity index (χ2n) is 8.59. The van der Waals surface area contributed by atoms with Crippen molar-refractivity contribution in [2.45, 2.75) is 51.9 Å². The number of carbonyl (C=O) groups is 1. The van der Waals surface area contributed by atoms with E-state index in [1.54, 1.807) is 19.1 Å². The summed E-state index contributed by atoms with van der Waals surface area (Å²) in [6.07, 6.45) is 2.76. The molecule has 210 valence electrons. The molecule has 0 aliphatic carbocycles. The van der Waals surface area contributed by atoms with E-state index in [-0.39, 0.29) is 12.4 Å². The number of aromatic hydroxyl groups is 1. The molecule has 2 aromatic rings. The van der Waals surface area contributed by atoms with Crippen LogP contribution >= 0.6 is 0 Å². The number of benzene rings is 2. The molecule has 8 nitrogen and oxygen atoms in total. The third-order valence-corrected chi connectivity index (χ3v) is 6.12. The van der Waals surface area contributed by atoms with Gasteiger partial charge in [-0.2, -0.15) is 0 Å². The number of hydrogen-bond acceptors (Lipinski definition) is 6. The number of aliphatic hydroxyl groups is 1. The SMILES string of the molecule is C1CCOC1.CCO.COC(=O)NCCCN(CC(C)C)S(=O)c1ccc(O)cc1.Cc1ccccc1. The van der Waals surface area contributed by atoms with Gasteiger partial charge in [0, 0.05) is 39.5 Å². The van der Waals surface area contributed by atoms with Gasteiger partial charge in [0.15, 0.2) is 0 Å². The standard InChI is InChI=1S/C15H24N2O4S.C7H8.C4H8O.C2H6O/c1-12(2)11-17(10-4-9-16-15(19)21-3)22(20)14-7-5-13(18)6-8-14;1-7-5-3-2-4-6-7;1-2-4-5-3-1;1-2-3/h5-8,12,18H,4,9-11H2,1-3H3,(H,16,19);2-6H,1H3;1-4H2;3H,2H2,1H3. The smallest absolute Gasteiger partial charge is 0.406 e. The summed E-state index contributed by atoms with van der Waals surface area (Å²) >= 11 is 0. The Kier molecular flexibility index (Phi) is 21.2. The van der Waals surface area contributed by atoms with Gasteiger partial charge >= 0.3 is 6.09 Å². The minimum atomic E-state index is -1.29. The van der Waals surface area contributed by atoms with Gasteiger partial charge in [-0.05, 0) is 63.3 Å². The van der Waals surface area contributed by atoms with Crippen molar-refractivity contribution >= 4 is 17.1 Å². The van der Waals surface area contributed by atoms with E-state index in [0.29, 0.717) is 36.9 Å². The number of phenolic OH excluding ortho intramolecular Hbond substituents is 1. The normalized spacial score (nSPS) is 12.8. The van der Waals surface area contributed by atoms with Crippen LogP contribution in [0.4, 0.5) is 4.79 Å². The maximum absolute atomic E-state index is 12.6. The highest BCUT2D eigenvalue weighted by Gasteiger charge is 2.16. The Morgan fingerprint density at radius 3 is 2.08 bits per heavy atom. The van der Waals surface area contributed by atoms with Gasteiger partial charge in [0.25, 0.3) is 0 Å². The molecular formula is C28H46N2O6S. The molecule has 1 aliphatic rings. The van der Waals surface area contributed by atoms with Crippen LogP contribution in [-0.2, 0) is 20.5 Å². The maximum atomic E-state index is 12.6. The van der Waals surface area contributed by atoms with Crippen LogP contribution in [0.15, 0.2) is 59.5 Å². The molecule has 0 saturated carbocycles. The number of nitrogens with one attached hydrogen (secondary N) is 1. The summed E-state index contributed by atoms with van der Waals surface area (Å²) < 4.78 is 23.9. The first-order chi connectivity index (χ1) is 17.7. The predicted octanol–water partition coefficient (Wildman–Crippen LogP) is 4.91. The first kappa shape index (κ1) is 34.5. The van der Waals surface area contributed by atoms with Crippen molar-refractivity contribution in [1.29, 1.82) is 0 Å². The number of carbonyl (C=O) groups excluding carboxylic acids is 1. The van der Waals surface area contributed by atoms with Crippen molar-refractivity contribution in [3.05, 3.63) is 60.2 Å². The molecule has 1 saturated heterocycles. The summed E-state index contributed by atoms with van der Waals surface area (Å²) in [7, 11) is 0.0320. The van der Waals surface area contributed by atoms with Gasteiger partial charge in [0.2, 0.25) is 0 Å². The van der Waals surface area contributed by atoms with E-state index in [2.05, 4.69) is 43.0 Å². The average Bonchev–Trinajstić information content (AvgIpc) is 3.47. The third kappa shape index (κ3) is 19.3. The Balaban J connectivity index is 0.000000689. The molecule has 1 heterocycles. The summed E-state index contributed by atoms with van der Waals surface area (Å²) in [4.78, 5) is 11.6. The van der Waals surface area contributed by atoms with Gasteiger partial charge in [-0.25, -0.2) is 13.3 Å². The van der Waals surface area contributed by atoms with Gasteiger partial charge in [-0.15, -0.1) is 0 Å². The second-order valence-corrected chi connectivity index (χ2v) is 10.1. The highest BCUT2D eigenvalue weighted by molar-refractivity contribution is 7.82. The molecule has 1 unspecified atom stereocenters. The lowest BCUT2D eigenvalue weighted by Gasteiger charge is -2.23. The zero-order valence-electron chi connectivity index (χ0n) is 23.0. The molecule has 0 bridgehead atoms. The molecule has 1 amide bonds. The number of rotatable bonds is 8. The Labute approximate surface area is 225 Å². The lowest BCUT2D eigenvalue weighted by Crippen LogP contribution is -2.33. The second kappa shape index (κ2) is 22.7. The number of ether oxygens (including phenoxy) is 2. The van der Waals surface area contributed by atoms with Crippen LogP contribution in [0.3, 0.4) is 0 Å². The Bertz CT molecular complexity index is 823. The fraction of sp³-hybridized carbons (Fsp3) is 0.536. The quantitative estimate of drug-likeness (QED) is 0.412. The molecule has 9 heteroatoms. The van der Waals surface area contributed by atoms with Crippen molar-refractivity contribution in [2.24, 2.45) is 5.92 Å². The summed E-state index contributed by atoms with van der Waals surface area (Å²) in [5.41, 5.74) is 1.32. The van der Waals surface area contributed by atoms with E-state index in [9.17, 15) is 14.1 Å². The first-order valence-corrected chi connectivity index (χ1v) is 13.8. The Morgan fingerprint density at radius 1 is 1.11 bits per heavy atom. The zero-order chi connectivity index (χ0) is 27.9. The van der Waals surface area contributed by atoms with Crippen molar-refractivity contribution in [1.82, 2.24) is 9.62 Å². The topological polar surface area (TPSA) is 108 Å². The molecule has 3 rings (SSSR count). The van der Waals surface area contributed by atoms with Crippen molar-refractivity contribution in [3.8, 4) is 5.75 Å². The summed E-state index contributed by atoms with van der Waals surface area (Å²) in [6.45, 7) is 11.9. The van der Waals surface area contributed by atoms with Gasteiger partial charge < -0.3 is 25.0 Å². The molecule has 0 radical (unpaired) electrons. The molecular weight excluding hydrogens is 492 g/mol. The van der Waals surface area contributed by atoms with Crippen LogP contribution in [0, 0.1) is 12.8 Å². The van der Waals surface area contributed by atoms with E-state index in [0.717, 1.165) is 13.2 Å². The van der Waals surface area contributed by atoms with E-state index in [1.165, 1.54) is 37.6 Å². The molecule has 0 aromatic heterocycles. The van der Waals surface area contributed by atoms with Crippen LogP contribution in [0.25, 0.3) is 0 Å². The van der Waals surface area contributed by atoms with E-state index in [4.69, 9.17) is 9.84 Å². The summed E-state index contributed by atoms with van der Waals surface area (Å²) in [5, 5.41) is 19.5. The van der Waals surface area contributed by atoms with E-state index < -0.39 is 17.1 Å². The fourth-order valence-corrected chi connectivity index (χ4v) is 4.32. The Morgan fingerprint density at radius 2 is 1.68 bits per heavy atom. The van der Waals surface area contributed by atoms with Crippen LogP contribution in [0.1, 0.15) is 45.6 Å². The number of aryl methyl sites for hydroxylation is 1. The minimum absolute atomic E-state index is 0.151. The zero-order valence-corrected chi connectivity index (χ0v) is 23.8. The lowest BCUT2D eigenvalue weighted by molar-refractivity contribution is 0.170. The number of nitrogens with zero attached hydrogens (tertiary/aromatic N) is 1. The first-order valence-electron chi connectivity index (χ1n) is 12.7. The van der Waals surface area contributed by atoms with Crippen molar-refractivity contribution < 1.29 is 28.7 Å². The van der Waals surface area contributed by atoms with Crippen LogP contribution < -0.4 is 5.32 Å². The molecule has 0 spiro atoms. The largest absolute Gasteiger partial charge is 0.508 e. The van der Waals surface area contributed by atoms with Gasteiger partial charge in [0.05, 0.1) is 12.0 Å². The Hall–Kier alpha value is -2.46. The molecule has 2 aromatic carbocycles. The summed E-state index contributed by atoms with van der Waals surface area (Å²) in [6, 6.07) is 16.6. The number of alkyl carbamates (subject to hydrolysis) is 1. The van der Waals surface area contributed by atoms with Gasteiger partial charge in [-0.1, -0.05) is 49.7 Å². The number of aliphatic hydroxyl groups excluding tert-OH is 1. The lowest BCUT2D eigenvalue weighted by atomic mass is 10.2. The third-order valence-electron chi connectivity index (χ3n) is 4.65. The number of amides is 1. The molecule has 1 atom stereocenters. The van der Waals surface area contributed by atoms with Crippen molar-refractivity contribution in [2.75, 3.05) is 46.6 Å².